The first-order valence-corrected chi connectivity index (χ1v) is 16.7. The molecule has 0 spiro atoms. The normalized spacial score (nSPS) is 12.0. The first-order chi connectivity index (χ1) is 22.7. The fourth-order valence-corrected chi connectivity index (χ4v) is 8.84. The molecule has 218 valence electrons. The zero-order valence-electron chi connectivity index (χ0n) is 24.5. The molecule has 5 aromatic carbocycles. The zero-order chi connectivity index (χ0) is 30.7. The third kappa shape index (κ3) is 3.89. The van der Waals surface area contributed by atoms with Crippen molar-refractivity contribution in [2.75, 3.05) is 0 Å². The second kappa shape index (κ2) is 10.3. The molecule has 0 aliphatic heterocycles. The first-order valence-electron chi connectivity index (χ1n) is 15.0. The number of nitrogens with zero attached hydrogens (tertiary/aromatic N) is 6. The van der Waals surface area contributed by atoms with Crippen molar-refractivity contribution < 1.29 is 4.57 Å². The molecule has 0 N–H and O–H groups in total. The number of aromatic nitrogens is 6. The Morgan fingerprint density at radius 2 is 0.717 bits per heavy atom. The Kier molecular flexibility index (Phi) is 5.95. The molecule has 0 fully saturated rings. The number of rotatable bonds is 5. The first kappa shape index (κ1) is 26.5. The van der Waals surface area contributed by atoms with Gasteiger partial charge in [-0.25, -0.2) is 0 Å². The summed E-state index contributed by atoms with van der Waals surface area (Å²) in [6.07, 6.45) is 0. The van der Waals surface area contributed by atoms with Crippen molar-refractivity contribution in [1.29, 1.82) is 0 Å². The molecule has 9 rings (SSSR count). The predicted molar refractivity (Wildman–Crippen MR) is 186 cm³/mol. The maximum atomic E-state index is 15.2. The van der Waals surface area contributed by atoms with E-state index < -0.39 is 7.14 Å². The summed E-state index contributed by atoms with van der Waals surface area (Å²) >= 11 is 0. The largest absolute Gasteiger partial charge is 0.305 e. The van der Waals surface area contributed by atoms with Crippen LogP contribution in [0.15, 0.2) is 152 Å². The van der Waals surface area contributed by atoms with Crippen LogP contribution in [0, 0.1) is 0 Å². The van der Waals surface area contributed by atoms with Gasteiger partial charge in [0.05, 0.1) is 22.1 Å². The summed E-state index contributed by atoms with van der Waals surface area (Å²) in [5.74, 6) is 1.29. The predicted octanol–water partition coefficient (Wildman–Crippen LogP) is 7.10. The molecule has 9 aromatic rings. The zero-order valence-corrected chi connectivity index (χ0v) is 25.4. The molecule has 0 radical (unpaired) electrons. The summed E-state index contributed by atoms with van der Waals surface area (Å²) in [6.45, 7) is 0. The highest BCUT2D eigenvalue weighted by Crippen LogP contribution is 2.41. The van der Waals surface area contributed by atoms with Crippen LogP contribution in [0.4, 0.5) is 0 Å². The Balaban J connectivity index is 1.18. The van der Waals surface area contributed by atoms with Crippen LogP contribution < -0.4 is 16.2 Å². The molecule has 0 amide bonds. The molecular formula is C38H25N6OP. The third-order valence-corrected chi connectivity index (χ3v) is 11.4. The molecule has 4 aromatic heterocycles. The van der Waals surface area contributed by atoms with E-state index in [0.717, 1.165) is 43.6 Å². The Bertz CT molecular complexity index is 2340. The lowest BCUT2D eigenvalue weighted by Crippen LogP contribution is -2.30. The molecule has 0 aliphatic carbocycles. The van der Waals surface area contributed by atoms with Crippen LogP contribution in [0.5, 0.6) is 0 Å². The molecule has 0 saturated heterocycles. The van der Waals surface area contributed by atoms with Crippen LogP contribution in [-0.4, -0.2) is 29.5 Å². The lowest BCUT2D eigenvalue weighted by atomic mass is 10.2. The van der Waals surface area contributed by atoms with Gasteiger partial charge in [0.1, 0.15) is 10.9 Å². The minimum Gasteiger partial charge on any atom is -0.305 e. The summed E-state index contributed by atoms with van der Waals surface area (Å²) in [6, 6.07) is 49.7. The van der Waals surface area contributed by atoms with Gasteiger partial charge < -0.3 is 4.57 Å². The smallest absolute Gasteiger partial charge is 0.209 e. The van der Waals surface area contributed by atoms with Gasteiger partial charge in [-0.3, -0.25) is 9.13 Å². The Morgan fingerprint density at radius 3 is 1.07 bits per heavy atom. The molecule has 46 heavy (non-hydrogen) atoms. The summed E-state index contributed by atoms with van der Waals surface area (Å²) in [4.78, 5) is 0. The van der Waals surface area contributed by atoms with Crippen LogP contribution in [0.25, 0.3) is 55.2 Å². The van der Waals surface area contributed by atoms with Crippen molar-refractivity contribution in [2.45, 2.75) is 0 Å². The van der Waals surface area contributed by atoms with Gasteiger partial charge in [0.2, 0.25) is 7.14 Å². The van der Waals surface area contributed by atoms with E-state index in [-0.39, 0.29) is 0 Å². The van der Waals surface area contributed by atoms with Crippen LogP contribution in [0.3, 0.4) is 0 Å². The highest BCUT2D eigenvalue weighted by atomic mass is 31.2. The van der Waals surface area contributed by atoms with Crippen LogP contribution in [-0.2, 0) is 4.57 Å². The average molecular weight is 613 g/mol. The van der Waals surface area contributed by atoms with Gasteiger partial charge in [-0.2, -0.15) is 0 Å². The Morgan fingerprint density at radius 1 is 0.370 bits per heavy atom. The highest BCUT2D eigenvalue weighted by molar-refractivity contribution is 7.84. The van der Waals surface area contributed by atoms with E-state index in [0.29, 0.717) is 27.8 Å². The van der Waals surface area contributed by atoms with E-state index in [1.165, 1.54) is 0 Å². The fourth-order valence-electron chi connectivity index (χ4n) is 6.57. The molecule has 0 bridgehead atoms. The molecule has 4 heterocycles. The second-order valence-electron chi connectivity index (χ2n) is 11.2. The van der Waals surface area contributed by atoms with Crippen molar-refractivity contribution in [2.24, 2.45) is 0 Å². The average Bonchev–Trinajstić information content (AvgIpc) is 3.65. The van der Waals surface area contributed by atoms with Crippen molar-refractivity contribution in [3.63, 3.8) is 0 Å². The topological polar surface area (TPSA) is 78.5 Å². The minimum absolute atomic E-state index is 0.349. The molecule has 0 aliphatic rings. The standard InChI is InChI=1S/C38H25N6OP/c45-46(26-12-2-1-3-13-26,37-24-22-35(39-41-37)43-31-18-8-4-14-27(31)28-15-5-9-19-32(28)43)38-25-23-36(40-42-38)44-33-20-10-6-16-29(33)30-17-7-11-21-34(30)44/h1-25H. The summed E-state index contributed by atoms with van der Waals surface area (Å²) < 4.78 is 19.4. The molecular weight excluding hydrogens is 587 g/mol. The lowest BCUT2D eigenvalue weighted by molar-refractivity contribution is 0.591. The number of fused-ring (bicyclic) bond motifs is 6. The van der Waals surface area contributed by atoms with Crippen LogP contribution in [0.2, 0.25) is 0 Å². The number of benzene rings is 5. The summed E-state index contributed by atoms with van der Waals surface area (Å²) in [5, 5.41) is 23.7. The van der Waals surface area contributed by atoms with Gasteiger partial charge in [-0.15, -0.1) is 20.4 Å². The maximum absolute atomic E-state index is 15.2. The van der Waals surface area contributed by atoms with Crippen LogP contribution >= 0.6 is 7.14 Å². The Labute approximate surface area is 263 Å². The van der Waals surface area contributed by atoms with Crippen molar-refractivity contribution in [1.82, 2.24) is 29.5 Å². The molecule has 0 unspecified atom stereocenters. The van der Waals surface area contributed by atoms with E-state index in [1.807, 2.05) is 103 Å². The molecule has 0 atom stereocenters. The SMILES string of the molecule is O=P(c1ccccc1)(c1ccc(-n2c3ccccc3c3ccccc32)nn1)c1ccc(-n2c3ccccc3c3ccccc32)nn1. The monoisotopic (exact) mass is 612 g/mol. The van der Waals surface area contributed by atoms with Gasteiger partial charge in [0.25, 0.3) is 0 Å². The second-order valence-corrected chi connectivity index (χ2v) is 13.8. The van der Waals surface area contributed by atoms with Crippen molar-refractivity contribution in [3.8, 4) is 11.6 Å². The van der Waals surface area contributed by atoms with Crippen LogP contribution in [0.1, 0.15) is 0 Å². The van der Waals surface area contributed by atoms with E-state index in [9.17, 15) is 0 Å². The fraction of sp³-hybridized carbons (Fsp3) is 0. The van der Waals surface area contributed by atoms with Crippen molar-refractivity contribution >= 4 is 66.9 Å². The molecule has 0 saturated carbocycles. The minimum atomic E-state index is -3.53. The van der Waals surface area contributed by atoms with E-state index in [2.05, 4.69) is 78.1 Å². The van der Waals surface area contributed by atoms with E-state index in [1.54, 1.807) is 0 Å². The highest BCUT2D eigenvalue weighted by Gasteiger charge is 2.34. The van der Waals surface area contributed by atoms with Gasteiger partial charge >= 0.3 is 0 Å². The van der Waals surface area contributed by atoms with Gasteiger partial charge in [-0.05, 0) is 48.5 Å². The molecule has 7 nitrogen and oxygen atoms in total. The molecule has 8 heteroatoms. The number of hydrogen-bond donors (Lipinski definition) is 0. The lowest BCUT2D eigenvalue weighted by Gasteiger charge is -2.18. The van der Waals surface area contributed by atoms with Gasteiger partial charge in [-0.1, -0.05) is 103 Å². The van der Waals surface area contributed by atoms with E-state index in [4.69, 9.17) is 0 Å². The number of para-hydroxylation sites is 4. The van der Waals surface area contributed by atoms with Gasteiger partial charge in [0.15, 0.2) is 11.6 Å². The number of hydrogen-bond acceptors (Lipinski definition) is 5. The quantitative estimate of drug-likeness (QED) is 0.194. The summed E-state index contributed by atoms with van der Waals surface area (Å²) in [7, 11) is -3.53. The third-order valence-electron chi connectivity index (χ3n) is 8.66. The van der Waals surface area contributed by atoms with E-state index >= 15 is 4.57 Å². The maximum Gasteiger partial charge on any atom is 0.209 e. The van der Waals surface area contributed by atoms with Gasteiger partial charge in [0, 0.05) is 26.8 Å². The van der Waals surface area contributed by atoms with Crippen molar-refractivity contribution in [3.05, 3.63) is 152 Å². The Hall–Kier alpha value is -5.91. The summed E-state index contributed by atoms with van der Waals surface area (Å²) in [5.41, 5.74) is 4.82.